The maximum Gasteiger partial charge on any atom is 0.339 e. The van der Waals surface area contributed by atoms with Crippen molar-refractivity contribution in [3.63, 3.8) is 0 Å². The van der Waals surface area contributed by atoms with E-state index in [4.69, 9.17) is 0 Å². The molecule has 8 heteroatoms. The second-order valence-corrected chi connectivity index (χ2v) is 8.43. The van der Waals surface area contributed by atoms with Crippen LogP contribution >= 0.6 is 0 Å². The number of carbonyl (C=O) groups is 1. The number of aliphatic hydroxyl groups excluding tert-OH is 1. The predicted octanol–water partition coefficient (Wildman–Crippen LogP) is 4.84. The largest absolute Gasteiger partial charge is 0.368 e. The zero-order valence-electron chi connectivity index (χ0n) is 20.2. The molecule has 0 aromatic heterocycles. The van der Waals surface area contributed by atoms with Crippen molar-refractivity contribution in [3.05, 3.63) is 138 Å². The van der Waals surface area contributed by atoms with Gasteiger partial charge in [-0.25, -0.2) is 10.2 Å². The highest BCUT2D eigenvalue weighted by molar-refractivity contribution is 6.18. The Balaban J connectivity index is 1.59. The first-order valence-electron chi connectivity index (χ1n) is 11.9. The van der Waals surface area contributed by atoms with Gasteiger partial charge in [0, 0.05) is 11.3 Å². The minimum atomic E-state index is -1.14. The van der Waals surface area contributed by atoms with Crippen LogP contribution in [-0.4, -0.2) is 23.1 Å². The lowest BCUT2D eigenvalue weighted by Gasteiger charge is -2.25. The van der Waals surface area contributed by atoms with Gasteiger partial charge in [0.05, 0.1) is 28.6 Å². The van der Waals surface area contributed by atoms with E-state index < -0.39 is 12.3 Å². The van der Waals surface area contributed by atoms with Crippen molar-refractivity contribution < 1.29 is 9.90 Å². The zero-order chi connectivity index (χ0) is 26.3. The summed E-state index contributed by atoms with van der Waals surface area (Å²) in [6.45, 7) is 0. The van der Waals surface area contributed by atoms with Crippen LogP contribution in [0.4, 0.5) is 16.2 Å². The average molecular weight is 501 g/mol. The van der Waals surface area contributed by atoms with Crippen molar-refractivity contribution in [2.24, 2.45) is 5.10 Å². The van der Waals surface area contributed by atoms with E-state index in [1.807, 2.05) is 78.9 Å². The molecular formula is C30H24N6O2. The number of benzene rings is 4. The van der Waals surface area contributed by atoms with Gasteiger partial charge in [-0.15, -0.1) is 0 Å². The maximum atomic E-state index is 12.7. The highest BCUT2D eigenvalue weighted by Gasteiger charge is 2.36. The molecule has 4 aromatic carbocycles. The molecule has 8 nitrogen and oxygen atoms in total. The van der Waals surface area contributed by atoms with Gasteiger partial charge in [-0.3, -0.25) is 10.4 Å². The zero-order valence-corrected chi connectivity index (χ0v) is 20.2. The Morgan fingerprint density at radius 1 is 0.868 bits per heavy atom. The summed E-state index contributed by atoms with van der Waals surface area (Å²) in [6, 6.07) is 36.4. The first-order chi connectivity index (χ1) is 18.6. The summed E-state index contributed by atoms with van der Waals surface area (Å²) >= 11 is 0. The number of nitrogens with zero attached hydrogens (tertiary/aromatic N) is 3. The fourth-order valence-corrected chi connectivity index (χ4v) is 4.13. The first-order valence-corrected chi connectivity index (χ1v) is 11.9. The van der Waals surface area contributed by atoms with E-state index in [-0.39, 0.29) is 0 Å². The molecule has 1 aliphatic heterocycles. The molecule has 1 aliphatic rings. The number of amides is 2. The standard InChI is InChI=1S/C30H24N6O2/c31-20-21-16-18-23(19-17-21)27(33-34-30(38)32-24-12-6-2-7-13-24)26-28(22-10-4-1-5-11-22)35-36(29(26)37)25-14-8-3-9-15-25/h1-19,29,35,37H,(H2,32,34,38)/b33-27+. The number of hydrazine groups is 1. The highest BCUT2D eigenvalue weighted by Crippen LogP contribution is 2.33. The number of hydrogen-bond acceptors (Lipinski definition) is 6. The Bertz CT molecular complexity index is 1510. The summed E-state index contributed by atoms with van der Waals surface area (Å²) < 4.78 is 0. The molecule has 0 bridgehead atoms. The van der Waals surface area contributed by atoms with Gasteiger partial charge in [0.25, 0.3) is 0 Å². The topological polar surface area (TPSA) is 113 Å². The molecule has 5 rings (SSSR count). The van der Waals surface area contributed by atoms with Gasteiger partial charge in [-0.05, 0) is 42.0 Å². The second-order valence-electron chi connectivity index (χ2n) is 8.43. The molecule has 38 heavy (non-hydrogen) atoms. The molecule has 0 saturated heterocycles. The van der Waals surface area contributed by atoms with Crippen LogP contribution in [0.5, 0.6) is 0 Å². The molecule has 4 aromatic rings. The van der Waals surface area contributed by atoms with Crippen LogP contribution in [0.3, 0.4) is 0 Å². The average Bonchev–Trinajstić information content (AvgIpc) is 3.31. The predicted molar refractivity (Wildman–Crippen MR) is 148 cm³/mol. The molecular weight excluding hydrogens is 476 g/mol. The number of nitrogens with one attached hydrogen (secondary N) is 3. The van der Waals surface area contributed by atoms with Crippen LogP contribution in [0.25, 0.3) is 5.70 Å². The molecule has 0 fully saturated rings. The van der Waals surface area contributed by atoms with Crippen LogP contribution in [-0.2, 0) is 0 Å². The van der Waals surface area contributed by atoms with E-state index in [0.717, 1.165) is 11.3 Å². The smallest absolute Gasteiger partial charge is 0.339 e. The van der Waals surface area contributed by atoms with Crippen molar-refractivity contribution in [2.75, 3.05) is 10.3 Å². The highest BCUT2D eigenvalue weighted by atomic mass is 16.3. The van der Waals surface area contributed by atoms with Crippen LogP contribution in [0.15, 0.2) is 126 Å². The number of aliphatic hydroxyl groups is 1. The van der Waals surface area contributed by atoms with Gasteiger partial charge in [0.2, 0.25) is 0 Å². The number of para-hydroxylation sites is 2. The van der Waals surface area contributed by atoms with Crippen LogP contribution in [0.2, 0.25) is 0 Å². The quantitative estimate of drug-likeness (QED) is 0.224. The lowest BCUT2D eigenvalue weighted by atomic mass is 9.96. The van der Waals surface area contributed by atoms with Gasteiger partial charge in [0.15, 0.2) is 6.23 Å². The molecule has 186 valence electrons. The lowest BCUT2D eigenvalue weighted by Crippen LogP contribution is -2.40. The Labute approximate surface area is 220 Å². The van der Waals surface area contributed by atoms with Crippen molar-refractivity contribution in [1.82, 2.24) is 10.9 Å². The van der Waals surface area contributed by atoms with Crippen LogP contribution in [0, 0.1) is 11.3 Å². The molecule has 4 N–H and O–H groups in total. The second kappa shape index (κ2) is 11.1. The monoisotopic (exact) mass is 500 g/mol. The summed E-state index contributed by atoms with van der Waals surface area (Å²) in [6.07, 6.45) is -1.14. The molecule has 0 spiro atoms. The van der Waals surface area contributed by atoms with E-state index in [1.54, 1.807) is 41.4 Å². The van der Waals surface area contributed by atoms with E-state index in [0.29, 0.717) is 33.8 Å². The van der Waals surface area contributed by atoms with Crippen molar-refractivity contribution in [1.29, 1.82) is 5.26 Å². The molecule has 0 aliphatic carbocycles. The minimum absolute atomic E-state index is 0.343. The number of rotatable bonds is 6. The van der Waals surface area contributed by atoms with Crippen molar-refractivity contribution in [2.45, 2.75) is 6.23 Å². The SMILES string of the molecule is N#Cc1ccc(/C(=N\NC(=O)Nc2ccccc2)C2=C(c3ccccc3)NN(c3ccccc3)C2O)cc1. The van der Waals surface area contributed by atoms with E-state index in [2.05, 4.69) is 27.3 Å². The van der Waals surface area contributed by atoms with E-state index in [1.165, 1.54) is 0 Å². The summed E-state index contributed by atoms with van der Waals surface area (Å²) in [7, 11) is 0. The van der Waals surface area contributed by atoms with Gasteiger partial charge < -0.3 is 10.4 Å². The third-order valence-electron chi connectivity index (χ3n) is 5.94. The Kier molecular flexibility index (Phi) is 7.11. The van der Waals surface area contributed by atoms with Crippen LogP contribution < -0.4 is 21.2 Å². The number of urea groups is 1. The molecule has 1 unspecified atom stereocenters. The number of anilines is 2. The van der Waals surface area contributed by atoms with Crippen molar-refractivity contribution in [3.8, 4) is 6.07 Å². The van der Waals surface area contributed by atoms with Gasteiger partial charge in [-0.1, -0.05) is 78.9 Å². The van der Waals surface area contributed by atoms with E-state index in [9.17, 15) is 15.2 Å². The molecule has 0 radical (unpaired) electrons. The fourth-order valence-electron chi connectivity index (χ4n) is 4.13. The Morgan fingerprint density at radius 3 is 2.11 bits per heavy atom. The lowest BCUT2D eigenvalue weighted by molar-refractivity contribution is 0.213. The summed E-state index contributed by atoms with van der Waals surface area (Å²) in [5.41, 5.74) is 10.6. The fraction of sp³-hybridized carbons (Fsp3) is 0.0333. The minimum Gasteiger partial charge on any atom is -0.368 e. The van der Waals surface area contributed by atoms with Gasteiger partial charge in [0.1, 0.15) is 5.71 Å². The van der Waals surface area contributed by atoms with Crippen LogP contribution in [0.1, 0.15) is 16.7 Å². The number of hydrazone groups is 1. The Hall–Kier alpha value is -5.39. The van der Waals surface area contributed by atoms with E-state index >= 15 is 0 Å². The molecule has 2 amide bonds. The van der Waals surface area contributed by atoms with Gasteiger partial charge in [-0.2, -0.15) is 10.4 Å². The third kappa shape index (κ3) is 5.23. The maximum absolute atomic E-state index is 12.7. The molecule has 1 atom stereocenters. The summed E-state index contributed by atoms with van der Waals surface area (Å²) in [5.74, 6) is 0. The first kappa shape index (κ1) is 24.3. The number of nitriles is 1. The molecule has 0 saturated carbocycles. The van der Waals surface area contributed by atoms with Crippen molar-refractivity contribution >= 4 is 28.8 Å². The molecule has 1 heterocycles. The number of hydrogen-bond donors (Lipinski definition) is 4. The summed E-state index contributed by atoms with van der Waals surface area (Å²) in [4.78, 5) is 12.7. The number of carbonyl (C=O) groups excluding carboxylic acids is 1. The third-order valence-corrected chi connectivity index (χ3v) is 5.94. The van der Waals surface area contributed by atoms with Gasteiger partial charge >= 0.3 is 6.03 Å². The normalized spacial score (nSPS) is 15.0. The Morgan fingerprint density at radius 2 is 1.47 bits per heavy atom. The summed E-state index contributed by atoms with van der Waals surface area (Å²) in [5, 5.41) is 29.7.